The van der Waals surface area contributed by atoms with Crippen LogP contribution in [-0.4, -0.2) is 62.2 Å². The van der Waals surface area contributed by atoms with E-state index in [0.717, 1.165) is 12.6 Å². The van der Waals surface area contributed by atoms with Gasteiger partial charge in [-0.3, -0.25) is 0 Å². The van der Waals surface area contributed by atoms with Crippen molar-refractivity contribution in [1.82, 2.24) is 15.1 Å². The van der Waals surface area contributed by atoms with Crippen molar-refractivity contribution in [2.24, 2.45) is 0 Å². The molecular formula is C14H31N3. The van der Waals surface area contributed by atoms with Crippen LogP contribution in [0.5, 0.6) is 0 Å². The predicted octanol–water partition coefficient (Wildman–Crippen LogP) is 1.79. The van der Waals surface area contributed by atoms with E-state index in [-0.39, 0.29) is 0 Å². The molecular weight excluding hydrogens is 210 g/mol. The summed E-state index contributed by atoms with van der Waals surface area (Å²) in [5.41, 5.74) is 0. The molecule has 0 aromatic carbocycles. The van der Waals surface area contributed by atoms with Crippen molar-refractivity contribution in [3.05, 3.63) is 0 Å². The van der Waals surface area contributed by atoms with Gasteiger partial charge in [-0.15, -0.1) is 0 Å². The van der Waals surface area contributed by atoms with Gasteiger partial charge in [0.2, 0.25) is 0 Å². The lowest BCUT2D eigenvalue weighted by Gasteiger charge is -2.37. The Labute approximate surface area is 108 Å². The van der Waals surface area contributed by atoms with Gasteiger partial charge < -0.3 is 15.1 Å². The van der Waals surface area contributed by atoms with Crippen molar-refractivity contribution >= 4 is 0 Å². The molecule has 17 heavy (non-hydrogen) atoms. The first-order chi connectivity index (χ1) is 8.17. The van der Waals surface area contributed by atoms with E-state index in [1.807, 2.05) is 0 Å². The fourth-order valence-electron chi connectivity index (χ4n) is 2.83. The minimum Gasteiger partial charge on any atom is -0.313 e. The lowest BCUT2D eigenvalue weighted by atomic mass is 10.0. The molecule has 1 saturated heterocycles. The number of likely N-dealkylation sites (tertiary alicyclic amines) is 1. The van der Waals surface area contributed by atoms with Gasteiger partial charge in [-0.05, 0) is 46.4 Å². The van der Waals surface area contributed by atoms with E-state index in [2.05, 4.69) is 43.1 Å². The van der Waals surface area contributed by atoms with E-state index < -0.39 is 0 Å². The monoisotopic (exact) mass is 241 g/mol. The van der Waals surface area contributed by atoms with E-state index in [4.69, 9.17) is 0 Å². The molecule has 0 radical (unpaired) electrons. The molecule has 1 fully saturated rings. The molecule has 0 aromatic rings. The van der Waals surface area contributed by atoms with Gasteiger partial charge in [-0.1, -0.05) is 20.3 Å². The summed E-state index contributed by atoms with van der Waals surface area (Å²) in [6.45, 7) is 9.35. The van der Waals surface area contributed by atoms with Crippen LogP contribution in [0.1, 0.15) is 39.5 Å². The first-order valence-corrected chi connectivity index (χ1v) is 7.29. The number of likely N-dealkylation sites (N-methyl/N-ethyl adjacent to an activating group) is 2. The number of nitrogens with zero attached hydrogens (tertiary/aromatic N) is 2. The summed E-state index contributed by atoms with van der Waals surface area (Å²) < 4.78 is 0. The van der Waals surface area contributed by atoms with Gasteiger partial charge in [0, 0.05) is 25.2 Å². The molecule has 1 N–H and O–H groups in total. The molecule has 0 saturated carbocycles. The van der Waals surface area contributed by atoms with Crippen molar-refractivity contribution < 1.29 is 0 Å². The van der Waals surface area contributed by atoms with Crippen LogP contribution in [0.25, 0.3) is 0 Å². The van der Waals surface area contributed by atoms with E-state index in [1.165, 1.54) is 45.3 Å². The Bertz CT molecular complexity index is 188. The van der Waals surface area contributed by atoms with Crippen LogP contribution < -0.4 is 5.32 Å². The first kappa shape index (κ1) is 14.9. The predicted molar refractivity (Wildman–Crippen MR) is 75.5 cm³/mol. The summed E-state index contributed by atoms with van der Waals surface area (Å²) in [6.07, 6.45) is 5.30. The molecule has 3 nitrogen and oxygen atoms in total. The number of hydrogen-bond acceptors (Lipinski definition) is 3. The smallest absolute Gasteiger partial charge is 0.0217 e. The third kappa shape index (κ3) is 5.36. The zero-order valence-electron chi connectivity index (χ0n) is 12.2. The Morgan fingerprint density at radius 3 is 2.71 bits per heavy atom. The summed E-state index contributed by atoms with van der Waals surface area (Å²) in [6, 6.07) is 1.44. The Balaban J connectivity index is 2.37. The highest BCUT2D eigenvalue weighted by Crippen LogP contribution is 2.14. The average molecular weight is 241 g/mol. The minimum atomic E-state index is 0.686. The fraction of sp³-hybridized carbons (Fsp3) is 1.00. The van der Waals surface area contributed by atoms with Crippen LogP contribution in [0.2, 0.25) is 0 Å². The second kappa shape index (κ2) is 8.06. The zero-order chi connectivity index (χ0) is 12.7. The Morgan fingerprint density at radius 2 is 2.12 bits per heavy atom. The third-order valence-corrected chi connectivity index (χ3v) is 3.82. The maximum absolute atomic E-state index is 3.62. The molecule has 0 aromatic heterocycles. The molecule has 1 aliphatic rings. The van der Waals surface area contributed by atoms with E-state index in [1.54, 1.807) is 0 Å². The van der Waals surface area contributed by atoms with Gasteiger partial charge >= 0.3 is 0 Å². The first-order valence-electron chi connectivity index (χ1n) is 7.29. The van der Waals surface area contributed by atoms with Crippen molar-refractivity contribution in [3.63, 3.8) is 0 Å². The van der Waals surface area contributed by atoms with Crippen LogP contribution in [0, 0.1) is 0 Å². The molecule has 0 bridgehead atoms. The minimum absolute atomic E-state index is 0.686. The van der Waals surface area contributed by atoms with Crippen molar-refractivity contribution in [1.29, 1.82) is 0 Å². The third-order valence-electron chi connectivity index (χ3n) is 3.82. The summed E-state index contributed by atoms with van der Waals surface area (Å²) in [5.74, 6) is 0. The van der Waals surface area contributed by atoms with Crippen molar-refractivity contribution in [2.75, 3.05) is 40.3 Å². The highest BCUT2D eigenvalue weighted by molar-refractivity contribution is 4.81. The molecule has 3 heteroatoms. The topological polar surface area (TPSA) is 18.5 Å². The summed E-state index contributed by atoms with van der Waals surface area (Å²) in [4.78, 5) is 5.03. The highest BCUT2D eigenvalue weighted by atomic mass is 15.2. The van der Waals surface area contributed by atoms with Crippen LogP contribution in [-0.2, 0) is 0 Å². The normalized spacial score (nSPS) is 24.2. The maximum Gasteiger partial charge on any atom is 0.0217 e. The molecule has 102 valence electrons. The maximum atomic E-state index is 3.62. The number of hydrogen-bond donors (Lipinski definition) is 1. The summed E-state index contributed by atoms with van der Waals surface area (Å²) >= 11 is 0. The number of piperidine rings is 1. The Hall–Kier alpha value is -0.120. The molecule has 1 rings (SSSR count). The van der Waals surface area contributed by atoms with Gasteiger partial charge in [-0.25, -0.2) is 0 Å². The molecule has 2 unspecified atom stereocenters. The van der Waals surface area contributed by atoms with Crippen LogP contribution in [0.15, 0.2) is 0 Å². The van der Waals surface area contributed by atoms with Gasteiger partial charge in [0.1, 0.15) is 0 Å². The molecule has 2 atom stereocenters. The molecule has 0 amide bonds. The Kier molecular flexibility index (Phi) is 7.09. The van der Waals surface area contributed by atoms with Crippen LogP contribution in [0.3, 0.4) is 0 Å². The fourth-order valence-corrected chi connectivity index (χ4v) is 2.83. The zero-order valence-corrected chi connectivity index (χ0v) is 12.2. The summed E-state index contributed by atoms with van der Waals surface area (Å²) in [7, 11) is 4.42. The van der Waals surface area contributed by atoms with Gasteiger partial charge in [0.05, 0.1) is 0 Å². The Morgan fingerprint density at radius 1 is 1.35 bits per heavy atom. The lowest BCUT2D eigenvalue weighted by Crippen LogP contribution is -2.49. The second-order valence-corrected chi connectivity index (χ2v) is 5.56. The molecule has 1 aliphatic heterocycles. The van der Waals surface area contributed by atoms with Crippen molar-refractivity contribution in [2.45, 2.75) is 51.6 Å². The summed E-state index contributed by atoms with van der Waals surface area (Å²) in [5, 5.41) is 3.62. The highest BCUT2D eigenvalue weighted by Gasteiger charge is 2.22. The second-order valence-electron chi connectivity index (χ2n) is 5.56. The molecule has 0 spiro atoms. The van der Waals surface area contributed by atoms with Crippen LogP contribution >= 0.6 is 0 Å². The average Bonchev–Trinajstić information content (AvgIpc) is 2.30. The number of nitrogens with one attached hydrogen (secondary N) is 1. The van der Waals surface area contributed by atoms with Crippen LogP contribution in [0.4, 0.5) is 0 Å². The number of rotatable bonds is 7. The largest absolute Gasteiger partial charge is 0.313 e. The van der Waals surface area contributed by atoms with Crippen molar-refractivity contribution in [3.8, 4) is 0 Å². The lowest BCUT2D eigenvalue weighted by molar-refractivity contribution is 0.122. The van der Waals surface area contributed by atoms with E-state index in [9.17, 15) is 0 Å². The van der Waals surface area contributed by atoms with Gasteiger partial charge in [0.15, 0.2) is 0 Å². The SMILES string of the molecule is CCCC(CN1CCCC(N(C)C)C1)NCC. The van der Waals surface area contributed by atoms with E-state index >= 15 is 0 Å². The van der Waals surface area contributed by atoms with Gasteiger partial charge in [-0.2, -0.15) is 0 Å². The molecule has 1 heterocycles. The quantitative estimate of drug-likeness (QED) is 0.733. The van der Waals surface area contributed by atoms with E-state index in [0.29, 0.717) is 6.04 Å². The standard InChI is InChI=1S/C14H31N3/c1-5-8-13(15-6-2)11-17-10-7-9-14(12-17)16(3)4/h13-15H,5-12H2,1-4H3. The molecule has 0 aliphatic carbocycles. The van der Waals surface area contributed by atoms with Gasteiger partial charge in [0.25, 0.3) is 0 Å².